The van der Waals surface area contributed by atoms with Crippen molar-refractivity contribution in [2.75, 3.05) is 19.4 Å². The maximum atomic E-state index is 13.4. The van der Waals surface area contributed by atoms with E-state index >= 15 is 0 Å². The minimum atomic E-state index is -3.51. The fourth-order valence-corrected chi connectivity index (χ4v) is 6.75. The summed E-state index contributed by atoms with van der Waals surface area (Å²) in [6.45, 7) is 0.721. The third kappa shape index (κ3) is 4.33. The number of hydrogen-bond acceptors (Lipinski definition) is 5. The molecule has 2 heterocycles. The van der Waals surface area contributed by atoms with Gasteiger partial charge in [-0.15, -0.1) is 11.3 Å². The summed E-state index contributed by atoms with van der Waals surface area (Å²) in [6.07, 6.45) is 0.601. The van der Waals surface area contributed by atoms with Gasteiger partial charge in [-0.2, -0.15) is 4.31 Å². The van der Waals surface area contributed by atoms with Gasteiger partial charge in [0.05, 0.1) is 12.9 Å². The zero-order chi connectivity index (χ0) is 21.1. The lowest BCUT2D eigenvalue weighted by atomic mass is 9.93. The molecule has 0 aliphatic carbocycles. The minimum Gasteiger partial charge on any atom is -0.465 e. The van der Waals surface area contributed by atoms with Crippen LogP contribution in [0.1, 0.15) is 37.2 Å². The second kappa shape index (κ2) is 8.71. The van der Waals surface area contributed by atoms with Crippen molar-refractivity contribution in [1.29, 1.82) is 0 Å². The standard InChI is InChI=1S/C23H23NO4S2/c1-28-23(25)21-14-19-12-13-24(15-22(19)29-21)30(26,27)16-20(17-8-4-2-5-9-17)18-10-6-3-7-11-18/h2-11,14,20H,12-13,15-16H2,1H3. The van der Waals surface area contributed by atoms with Gasteiger partial charge in [0.15, 0.2) is 0 Å². The Hall–Kier alpha value is -2.48. The van der Waals surface area contributed by atoms with E-state index in [-0.39, 0.29) is 17.6 Å². The van der Waals surface area contributed by atoms with Crippen molar-refractivity contribution in [3.63, 3.8) is 0 Å². The molecular weight excluding hydrogens is 418 g/mol. The van der Waals surface area contributed by atoms with E-state index < -0.39 is 10.0 Å². The smallest absolute Gasteiger partial charge is 0.348 e. The van der Waals surface area contributed by atoms with Crippen molar-refractivity contribution < 1.29 is 17.9 Å². The number of carbonyl (C=O) groups is 1. The largest absolute Gasteiger partial charge is 0.465 e. The molecule has 0 saturated carbocycles. The van der Waals surface area contributed by atoms with Gasteiger partial charge in [-0.1, -0.05) is 60.7 Å². The van der Waals surface area contributed by atoms with Crippen LogP contribution in [0.3, 0.4) is 0 Å². The van der Waals surface area contributed by atoms with Crippen LogP contribution in [0.4, 0.5) is 0 Å². The second-order valence-corrected chi connectivity index (χ2v) is 10.4. The van der Waals surface area contributed by atoms with Gasteiger partial charge >= 0.3 is 5.97 Å². The molecule has 0 saturated heterocycles. The molecule has 0 N–H and O–H groups in total. The number of methoxy groups -OCH3 is 1. The lowest BCUT2D eigenvalue weighted by molar-refractivity contribution is 0.0606. The molecule has 5 nitrogen and oxygen atoms in total. The Morgan fingerprint density at radius 3 is 2.23 bits per heavy atom. The van der Waals surface area contributed by atoms with Crippen LogP contribution in [0.25, 0.3) is 0 Å². The first-order valence-electron chi connectivity index (χ1n) is 9.75. The molecule has 0 amide bonds. The number of esters is 1. The van der Waals surface area contributed by atoms with Crippen molar-refractivity contribution in [2.45, 2.75) is 18.9 Å². The van der Waals surface area contributed by atoms with E-state index in [0.717, 1.165) is 21.6 Å². The van der Waals surface area contributed by atoms with Crippen LogP contribution in [0, 0.1) is 0 Å². The van der Waals surface area contributed by atoms with Crippen LogP contribution >= 0.6 is 11.3 Å². The minimum absolute atomic E-state index is 0.00555. The highest BCUT2D eigenvalue weighted by atomic mass is 32.2. The third-order valence-electron chi connectivity index (χ3n) is 5.41. The Balaban J connectivity index is 1.59. The molecule has 1 aliphatic rings. The average Bonchev–Trinajstić information content (AvgIpc) is 3.22. The Kier molecular flexibility index (Phi) is 6.04. The predicted molar refractivity (Wildman–Crippen MR) is 118 cm³/mol. The lowest BCUT2D eigenvalue weighted by Gasteiger charge is -2.28. The van der Waals surface area contributed by atoms with Crippen LogP contribution in [0.15, 0.2) is 66.7 Å². The molecule has 0 atom stereocenters. The molecule has 0 fully saturated rings. The van der Waals surface area contributed by atoms with Gasteiger partial charge in [0, 0.05) is 23.9 Å². The summed E-state index contributed by atoms with van der Waals surface area (Å²) < 4.78 is 33.1. The van der Waals surface area contributed by atoms with Crippen LogP contribution in [0.5, 0.6) is 0 Å². The molecule has 1 aromatic heterocycles. The number of sulfonamides is 1. The van der Waals surface area contributed by atoms with E-state index in [4.69, 9.17) is 4.74 Å². The van der Waals surface area contributed by atoms with Crippen LogP contribution in [0.2, 0.25) is 0 Å². The van der Waals surface area contributed by atoms with E-state index in [9.17, 15) is 13.2 Å². The molecule has 2 aromatic carbocycles. The maximum Gasteiger partial charge on any atom is 0.348 e. The number of thiophene rings is 1. The molecule has 0 spiro atoms. The third-order valence-corrected chi connectivity index (χ3v) is 8.40. The number of nitrogens with zero attached hydrogens (tertiary/aromatic N) is 1. The van der Waals surface area contributed by atoms with Gasteiger partial charge in [0.1, 0.15) is 4.88 Å². The zero-order valence-electron chi connectivity index (χ0n) is 16.7. The van der Waals surface area contributed by atoms with Crippen molar-refractivity contribution in [1.82, 2.24) is 4.31 Å². The molecule has 1 aliphatic heterocycles. The molecular formula is C23H23NO4S2. The van der Waals surface area contributed by atoms with Crippen LogP contribution in [-0.4, -0.2) is 38.1 Å². The van der Waals surface area contributed by atoms with E-state index in [2.05, 4.69) is 0 Å². The molecule has 3 aromatic rings. The van der Waals surface area contributed by atoms with E-state index in [1.807, 2.05) is 66.7 Å². The number of ether oxygens (including phenoxy) is 1. The lowest BCUT2D eigenvalue weighted by Crippen LogP contribution is -2.38. The van der Waals surface area contributed by atoms with Gasteiger partial charge in [0.25, 0.3) is 0 Å². The van der Waals surface area contributed by atoms with Crippen LogP contribution < -0.4 is 0 Å². The highest BCUT2D eigenvalue weighted by Gasteiger charge is 2.32. The molecule has 0 radical (unpaired) electrons. The molecule has 4 rings (SSSR count). The Bertz CT molecular complexity index is 1090. The highest BCUT2D eigenvalue weighted by molar-refractivity contribution is 7.89. The zero-order valence-corrected chi connectivity index (χ0v) is 18.3. The van der Waals surface area contributed by atoms with Crippen molar-refractivity contribution >= 4 is 27.3 Å². The summed E-state index contributed by atoms with van der Waals surface area (Å²) in [5.74, 6) is -0.615. The predicted octanol–water partition coefficient (Wildman–Crippen LogP) is 4.05. The number of carbonyl (C=O) groups excluding carboxylic acids is 1. The fraction of sp³-hybridized carbons (Fsp3) is 0.261. The first kappa shape index (κ1) is 20.8. The monoisotopic (exact) mass is 441 g/mol. The summed E-state index contributed by atoms with van der Waals surface area (Å²) in [7, 11) is -2.16. The molecule has 0 bridgehead atoms. The number of benzene rings is 2. The van der Waals surface area contributed by atoms with Gasteiger partial charge in [-0.3, -0.25) is 0 Å². The summed E-state index contributed by atoms with van der Waals surface area (Å²) in [6, 6.07) is 21.3. The number of rotatable bonds is 6. The van der Waals surface area contributed by atoms with Crippen molar-refractivity contribution in [3.8, 4) is 0 Å². The number of hydrogen-bond donors (Lipinski definition) is 0. The summed E-state index contributed by atoms with van der Waals surface area (Å²) in [5.41, 5.74) is 3.00. The SMILES string of the molecule is COC(=O)c1cc2c(s1)CN(S(=O)(=O)CC(c1ccccc1)c1ccccc1)CC2. The van der Waals surface area contributed by atoms with E-state index in [1.54, 1.807) is 4.31 Å². The maximum absolute atomic E-state index is 13.4. The van der Waals surface area contributed by atoms with E-state index in [1.165, 1.54) is 18.4 Å². The first-order valence-corrected chi connectivity index (χ1v) is 12.2. The normalized spacial score (nSPS) is 14.5. The van der Waals surface area contributed by atoms with Crippen LogP contribution in [-0.2, 0) is 27.7 Å². The van der Waals surface area contributed by atoms with Gasteiger partial charge in [-0.05, 0) is 29.2 Å². The van der Waals surface area contributed by atoms with E-state index in [0.29, 0.717) is 24.4 Å². The van der Waals surface area contributed by atoms with Crippen molar-refractivity contribution in [3.05, 3.63) is 93.2 Å². The quantitative estimate of drug-likeness (QED) is 0.541. The average molecular weight is 442 g/mol. The molecule has 7 heteroatoms. The number of fused-ring (bicyclic) bond motifs is 1. The Morgan fingerprint density at radius 2 is 1.67 bits per heavy atom. The highest BCUT2D eigenvalue weighted by Crippen LogP contribution is 2.32. The summed E-state index contributed by atoms with van der Waals surface area (Å²) in [4.78, 5) is 13.3. The fourth-order valence-electron chi connectivity index (χ4n) is 3.81. The first-order chi connectivity index (χ1) is 14.5. The topological polar surface area (TPSA) is 63.7 Å². The van der Waals surface area contributed by atoms with Crippen molar-refractivity contribution in [2.24, 2.45) is 0 Å². The van der Waals surface area contributed by atoms with Gasteiger partial charge in [-0.25, -0.2) is 13.2 Å². The Labute approximate surface area is 181 Å². The second-order valence-electron chi connectivity index (χ2n) is 7.29. The summed E-state index contributed by atoms with van der Waals surface area (Å²) in [5, 5.41) is 0. The molecule has 156 valence electrons. The van der Waals surface area contributed by atoms with Gasteiger partial charge in [0.2, 0.25) is 10.0 Å². The van der Waals surface area contributed by atoms with Gasteiger partial charge < -0.3 is 4.74 Å². The molecule has 0 unspecified atom stereocenters. The Morgan fingerprint density at radius 1 is 1.07 bits per heavy atom. The summed E-state index contributed by atoms with van der Waals surface area (Å²) >= 11 is 1.32. The molecule has 30 heavy (non-hydrogen) atoms.